The standard InChI is InChI=1S/C14H14N2O4/c17-15(18)14(16(19)20)11-5-4-8-13(14)10-9-12-6-2-1-3-7-12/h1-8,11,13H,9-10H2. The zero-order valence-corrected chi connectivity index (χ0v) is 10.7. The summed E-state index contributed by atoms with van der Waals surface area (Å²) in [7, 11) is 0. The van der Waals surface area contributed by atoms with E-state index in [0.29, 0.717) is 12.8 Å². The van der Waals surface area contributed by atoms with Crippen LogP contribution in [0.5, 0.6) is 0 Å². The fourth-order valence-corrected chi connectivity index (χ4v) is 2.40. The summed E-state index contributed by atoms with van der Waals surface area (Å²) in [5.74, 6) is -0.752. The van der Waals surface area contributed by atoms with Gasteiger partial charge in [-0.1, -0.05) is 48.6 Å². The Bertz CT molecular complexity index is 552. The SMILES string of the molecule is O=[N+]([O-])C1([N+](=O)[O-])C=CC=CC1CCc1ccccc1. The summed E-state index contributed by atoms with van der Waals surface area (Å²) < 4.78 is 0. The predicted octanol–water partition coefficient (Wildman–Crippen LogP) is 2.61. The lowest BCUT2D eigenvalue weighted by molar-refractivity contribution is -0.789. The molecule has 1 aliphatic carbocycles. The molecular weight excluding hydrogens is 260 g/mol. The van der Waals surface area contributed by atoms with Gasteiger partial charge in [-0.05, 0) is 18.4 Å². The largest absolute Gasteiger partial charge is 0.484 e. The first-order chi connectivity index (χ1) is 9.57. The molecule has 104 valence electrons. The molecule has 0 aromatic heterocycles. The number of rotatable bonds is 5. The van der Waals surface area contributed by atoms with E-state index in [2.05, 4.69) is 0 Å². The van der Waals surface area contributed by atoms with Crippen LogP contribution in [0, 0.1) is 26.1 Å². The van der Waals surface area contributed by atoms with E-state index in [4.69, 9.17) is 0 Å². The van der Waals surface area contributed by atoms with E-state index in [1.807, 2.05) is 30.3 Å². The van der Waals surface area contributed by atoms with Gasteiger partial charge in [0.2, 0.25) is 0 Å². The molecule has 1 atom stereocenters. The second kappa shape index (κ2) is 5.64. The molecule has 0 saturated heterocycles. The normalized spacial score (nSPS) is 19.7. The predicted molar refractivity (Wildman–Crippen MR) is 73.3 cm³/mol. The van der Waals surface area contributed by atoms with Gasteiger partial charge < -0.3 is 0 Å². The van der Waals surface area contributed by atoms with E-state index in [9.17, 15) is 20.2 Å². The second-order valence-electron chi connectivity index (χ2n) is 4.67. The Morgan fingerprint density at radius 1 is 1.05 bits per heavy atom. The topological polar surface area (TPSA) is 86.3 Å². The minimum absolute atomic E-state index is 0.354. The van der Waals surface area contributed by atoms with Gasteiger partial charge in [0, 0.05) is 0 Å². The molecular formula is C14H14N2O4. The Morgan fingerprint density at radius 2 is 1.70 bits per heavy atom. The third kappa shape index (κ3) is 2.45. The molecule has 0 spiro atoms. The monoisotopic (exact) mass is 274 g/mol. The summed E-state index contributed by atoms with van der Waals surface area (Å²) in [5, 5.41) is 22.4. The van der Waals surface area contributed by atoms with Crippen LogP contribution in [-0.4, -0.2) is 15.5 Å². The van der Waals surface area contributed by atoms with Crippen LogP contribution in [0.25, 0.3) is 0 Å². The summed E-state index contributed by atoms with van der Waals surface area (Å²) in [4.78, 5) is 20.8. The lowest BCUT2D eigenvalue weighted by Gasteiger charge is -2.22. The van der Waals surface area contributed by atoms with Crippen LogP contribution in [0.15, 0.2) is 54.6 Å². The van der Waals surface area contributed by atoms with Gasteiger partial charge in [0.05, 0.1) is 6.08 Å². The molecule has 0 aliphatic heterocycles. The number of aryl methyl sites for hydroxylation is 1. The lowest BCUT2D eigenvalue weighted by atomic mass is 9.84. The van der Waals surface area contributed by atoms with E-state index in [-0.39, 0.29) is 0 Å². The highest BCUT2D eigenvalue weighted by atomic mass is 16.7. The van der Waals surface area contributed by atoms with Crippen LogP contribution in [0.3, 0.4) is 0 Å². The maximum absolute atomic E-state index is 11.2. The Balaban J connectivity index is 2.20. The van der Waals surface area contributed by atoms with Gasteiger partial charge in [0.15, 0.2) is 0 Å². The first-order valence-electron chi connectivity index (χ1n) is 6.26. The number of nitro groups is 2. The van der Waals surface area contributed by atoms with Crippen LogP contribution in [0.2, 0.25) is 0 Å². The molecule has 0 N–H and O–H groups in total. The number of hydrogen-bond acceptors (Lipinski definition) is 4. The lowest BCUT2D eigenvalue weighted by Crippen LogP contribution is -2.51. The van der Waals surface area contributed by atoms with Crippen molar-refractivity contribution in [3.05, 3.63) is 80.4 Å². The van der Waals surface area contributed by atoms with Gasteiger partial charge >= 0.3 is 5.66 Å². The molecule has 1 unspecified atom stereocenters. The maximum Gasteiger partial charge on any atom is 0.484 e. The molecule has 1 aromatic rings. The van der Waals surface area contributed by atoms with Crippen molar-refractivity contribution in [2.24, 2.45) is 5.92 Å². The maximum atomic E-state index is 11.2. The minimum Gasteiger partial charge on any atom is -0.258 e. The molecule has 0 saturated carbocycles. The Hall–Kier alpha value is -2.50. The fraction of sp³-hybridized carbons (Fsp3) is 0.286. The van der Waals surface area contributed by atoms with Crippen molar-refractivity contribution < 1.29 is 9.85 Å². The van der Waals surface area contributed by atoms with Gasteiger partial charge in [-0.3, -0.25) is 20.2 Å². The van der Waals surface area contributed by atoms with Crippen molar-refractivity contribution in [3.63, 3.8) is 0 Å². The smallest absolute Gasteiger partial charge is 0.258 e. The zero-order valence-electron chi connectivity index (χ0n) is 10.7. The van der Waals surface area contributed by atoms with Gasteiger partial charge in [-0.25, -0.2) is 0 Å². The van der Waals surface area contributed by atoms with Gasteiger partial charge in [-0.2, -0.15) is 0 Å². The first kappa shape index (κ1) is 13.9. The molecule has 0 fully saturated rings. The van der Waals surface area contributed by atoms with Crippen molar-refractivity contribution in [1.82, 2.24) is 0 Å². The number of benzene rings is 1. The van der Waals surface area contributed by atoms with Crippen LogP contribution >= 0.6 is 0 Å². The third-order valence-corrected chi connectivity index (χ3v) is 3.51. The fourth-order valence-electron chi connectivity index (χ4n) is 2.40. The van der Waals surface area contributed by atoms with Crippen LogP contribution in [0.4, 0.5) is 0 Å². The molecule has 0 bridgehead atoms. The summed E-state index contributed by atoms with van der Waals surface area (Å²) in [5.41, 5.74) is -1.24. The van der Waals surface area contributed by atoms with Crippen molar-refractivity contribution in [1.29, 1.82) is 0 Å². The number of hydrogen-bond donors (Lipinski definition) is 0. The molecule has 1 aromatic carbocycles. The average molecular weight is 274 g/mol. The minimum atomic E-state index is -2.25. The molecule has 2 rings (SSSR count). The quantitative estimate of drug-likeness (QED) is 0.469. The van der Waals surface area contributed by atoms with Crippen LogP contribution < -0.4 is 0 Å². The molecule has 6 nitrogen and oxygen atoms in total. The highest BCUT2D eigenvalue weighted by Crippen LogP contribution is 2.32. The van der Waals surface area contributed by atoms with E-state index in [1.165, 1.54) is 6.08 Å². The van der Waals surface area contributed by atoms with E-state index in [1.54, 1.807) is 12.2 Å². The molecule has 0 amide bonds. The number of nitrogens with zero attached hydrogens (tertiary/aromatic N) is 2. The van der Waals surface area contributed by atoms with E-state index in [0.717, 1.165) is 11.6 Å². The van der Waals surface area contributed by atoms with Crippen LogP contribution in [-0.2, 0) is 6.42 Å². The molecule has 6 heteroatoms. The van der Waals surface area contributed by atoms with Crippen molar-refractivity contribution in [2.45, 2.75) is 18.5 Å². The number of allylic oxidation sites excluding steroid dienone is 2. The first-order valence-corrected chi connectivity index (χ1v) is 6.26. The Morgan fingerprint density at radius 3 is 2.30 bits per heavy atom. The van der Waals surface area contributed by atoms with E-state index < -0.39 is 21.4 Å². The second-order valence-corrected chi connectivity index (χ2v) is 4.67. The highest BCUT2D eigenvalue weighted by molar-refractivity contribution is 5.20. The van der Waals surface area contributed by atoms with Gasteiger partial charge in [-0.15, -0.1) is 0 Å². The van der Waals surface area contributed by atoms with E-state index >= 15 is 0 Å². The molecule has 20 heavy (non-hydrogen) atoms. The Labute approximate surface area is 115 Å². The van der Waals surface area contributed by atoms with Crippen molar-refractivity contribution >= 4 is 0 Å². The summed E-state index contributed by atoms with van der Waals surface area (Å²) >= 11 is 0. The highest BCUT2D eigenvalue weighted by Gasteiger charge is 2.60. The summed E-state index contributed by atoms with van der Waals surface area (Å²) in [6.45, 7) is 0. The summed E-state index contributed by atoms with van der Waals surface area (Å²) in [6, 6.07) is 9.44. The Kier molecular flexibility index (Phi) is 3.93. The zero-order chi connectivity index (χ0) is 14.6. The molecule has 0 radical (unpaired) electrons. The van der Waals surface area contributed by atoms with Crippen molar-refractivity contribution in [2.75, 3.05) is 0 Å². The van der Waals surface area contributed by atoms with Crippen molar-refractivity contribution in [3.8, 4) is 0 Å². The van der Waals surface area contributed by atoms with Gasteiger partial charge in [0.25, 0.3) is 0 Å². The molecule has 0 heterocycles. The summed E-state index contributed by atoms with van der Waals surface area (Å²) in [6.07, 6.45) is 6.53. The van der Waals surface area contributed by atoms with Crippen LogP contribution in [0.1, 0.15) is 12.0 Å². The average Bonchev–Trinajstić information content (AvgIpc) is 2.46. The van der Waals surface area contributed by atoms with Gasteiger partial charge in [0.1, 0.15) is 15.8 Å². The third-order valence-electron chi connectivity index (χ3n) is 3.51. The molecule has 1 aliphatic rings.